The lowest BCUT2D eigenvalue weighted by Crippen LogP contribution is -2.33. The average Bonchev–Trinajstić information content (AvgIpc) is 2.76. The van der Waals surface area contributed by atoms with E-state index in [1.807, 2.05) is 12.3 Å². The third-order valence-corrected chi connectivity index (χ3v) is 5.72. The molecule has 29 heavy (non-hydrogen) atoms. The topological polar surface area (TPSA) is 48.5 Å². The quantitative estimate of drug-likeness (QED) is 0.627. The van der Waals surface area contributed by atoms with Crippen molar-refractivity contribution in [2.24, 2.45) is 0 Å². The van der Waals surface area contributed by atoms with E-state index in [2.05, 4.69) is 64.3 Å². The van der Waals surface area contributed by atoms with Crippen LogP contribution < -0.4 is 10.2 Å². The van der Waals surface area contributed by atoms with Crippen molar-refractivity contribution in [1.29, 1.82) is 0 Å². The van der Waals surface area contributed by atoms with Crippen LogP contribution in [0.3, 0.4) is 0 Å². The summed E-state index contributed by atoms with van der Waals surface area (Å²) in [5.74, 6) is 1.13. The SMILES string of the molecule is CCN(CC)c1cc(CCC(=O)NCCCN2CCc3ccccc3C2)ccn1. The van der Waals surface area contributed by atoms with Crippen LogP contribution in [0.1, 0.15) is 43.4 Å². The average molecular weight is 395 g/mol. The van der Waals surface area contributed by atoms with Crippen molar-refractivity contribution in [2.45, 2.75) is 46.1 Å². The monoisotopic (exact) mass is 394 g/mol. The van der Waals surface area contributed by atoms with Gasteiger partial charge >= 0.3 is 0 Å². The first-order valence-corrected chi connectivity index (χ1v) is 10.9. The maximum atomic E-state index is 12.2. The second kappa shape index (κ2) is 11.0. The van der Waals surface area contributed by atoms with E-state index < -0.39 is 0 Å². The maximum absolute atomic E-state index is 12.2. The minimum atomic E-state index is 0.134. The molecule has 1 aromatic carbocycles. The van der Waals surface area contributed by atoms with Crippen LogP contribution in [-0.2, 0) is 24.2 Å². The van der Waals surface area contributed by atoms with Gasteiger partial charge in [-0.15, -0.1) is 0 Å². The molecule has 1 aromatic heterocycles. The number of carbonyl (C=O) groups excluding carboxylic acids is 1. The van der Waals surface area contributed by atoms with Gasteiger partial charge in [-0.3, -0.25) is 9.69 Å². The highest BCUT2D eigenvalue weighted by Crippen LogP contribution is 2.18. The van der Waals surface area contributed by atoms with Crippen molar-refractivity contribution in [2.75, 3.05) is 37.6 Å². The molecule has 3 rings (SSSR count). The molecule has 0 atom stereocenters. The van der Waals surface area contributed by atoms with Crippen molar-refractivity contribution in [1.82, 2.24) is 15.2 Å². The second-order valence-corrected chi connectivity index (χ2v) is 7.69. The fraction of sp³-hybridized carbons (Fsp3) is 0.500. The Morgan fingerprint density at radius 3 is 2.76 bits per heavy atom. The zero-order chi connectivity index (χ0) is 20.5. The van der Waals surface area contributed by atoms with Gasteiger partial charge < -0.3 is 10.2 Å². The molecule has 0 aliphatic carbocycles. The van der Waals surface area contributed by atoms with Crippen molar-refractivity contribution in [3.63, 3.8) is 0 Å². The number of rotatable bonds is 10. The van der Waals surface area contributed by atoms with Gasteiger partial charge in [0.05, 0.1) is 0 Å². The molecule has 1 aliphatic rings. The first-order chi connectivity index (χ1) is 14.2. The van der Waals surface area contributed by atoms with Gasteiger partial charge in [-0.25, -0.2) is 4.98 Å². The molecular formula is C24H34N4O. The van der Waals surface area contributed by atoms with Crippen LogP contribution in [0.4, 0.5) is 5.82 Å². The smallest absolute Gasteiger partial charge is 0.220 e. The van der Waals surface area contributed by atoms with E-state index in [1.165, 1.54) is 16.7 Å². The predicted octanol–water partition coefficient (Wildman–Crippen LogP) is 3.43. The third kappa shape index (κ3) is 6.29. The summed E-state index contributed by atoms with van der Waals surface area (Å²) in [7, 11) is 0. The van der Waals surface area contributed by atoms with E-state index in [1.54, 1.807) is 0 Å². The van der Waals surface area contributed by atoms with E-state index in [0.717, 1.165) is 64.3 Å². The number of benzene rings is 1. The molecule has 1 N–H and O–H groups in total. The number of aryl methyl sites for hydroxylation is 1. The standard InChI is InChI=1S/C24H34N4O/c1-3-28(4-2)23-18-20(12-15-25-23)10-11-24(29)26-14-7-16-27-17-13-21-8-5-6-9-22(21)19-27/h5-6,8-9,12,15,18H,3-4,7,10-11,13-14,16-17,19H2,1-2H3,(H,26,29). The summed E-state index contributed by atoms with van der Waals surface area (Å²) in [5, 5.41) is 3.08. The summed E-state index contributed by atoms with van der Waals surface area (Å²) < 4.78 is 0. The van der Waals surface area contributed by atoms with Gasteiger partial charge in [0.2, 0.25) is 5.91 Å². The maximum Gasteiger partial charge on any atom is 0.220 e. The van der Waals surface area contributed by atoms with E-state index in [9.17, 15) is 4.79 Å². The number of nitrogens with one attached hydrogen (secondary N) is 1. The highest BCUT2D eigenvalue weighted by atomic mass is 16.1. The van der Waals surface area contributed by atoms with Gasteiger partial charge in [0.1, 0.15) is 5.82 Å². The number of fused-ring (bicyclic) bond motifs is 1. The highest BCUT2D eigenvalue weighted by molar-refractivity contribution is 5.76. The zero-order valence-corrected chi connectivity index (χ0v) is 17.9. The summed E-state index contributed by atoms with van der Waals surface area (Å²) in [6.07, 6.45) is 5.25. The Balaban J connectivity index is 1.34. The molecule has 5 nitrogen and oxygen atoms in total. The number of aromatic nitrogens is 1. The minimum Gasteiger partial charge on any atom is -0.357 e. The van der Waals surface area contributed by atoms with E-state index in [0.29, 0.717) is 6.42 Å². The van der Waals surface area contributed by atoms with Crippen LogP contribution in [0.25, 0.3) is 0 Å². The molecule has 0 unspecified atom stereocenters. The predicted molar refractivity (Wildman–Crippen MR) is 119 cm³/mol. The number of hydrogen-bond acceptors (Lipinski definition) is 4. The van der Waals surface area contributed by atoms with Gasteiger partial charge in [-0.05, 0) is 61.9 Å². The lowest BCUT2D eigenvalue weighted by atomic mass is 10.00. The van der Waals surface area contributed by atoms with E-state index in [4.69, 9.17) is 0 Å². The summed E-state index contributed by atoms with van der Waals surface area (Å²) in [6.45, 7) is 10.1. The van der Waals surface area contributed by atoms with E-state index in [-0.39, 0.29) is 5.91 Å². The molecule has 2 heterocycles. The number of hydrogen-bond donors (Lipinski definition) is 1. The molecule has 1 amide bonds. The van der Waals surface area contributed by atoms with Gasteiger partial charge in [-0.2, -0.15) is 0 Å². The van der Waals surface area contributed by atoms with Crippen LogP contribution in [0, 0.1) is 0 Å². The van der Waals surface area contributed by atoms with E-state index >= 15 is 0 Å². The van der Waals surface area contributed by atoms with Crippen LogP contribution in [0.5, 0.6) is 0 Å². The molecule has 1 aliphatic heterocycles. The number of pyridine rings is 1. The van der Waals surface area contributed by atoms with Crippen LogP contribution in [0.2, 0.25) is 0 Å². The molecule has 2 aromatic rings. The van der Waals surface area contributed by atoms with Gasteiger partial charge in [0.25, 0.3) is 0 Å². The highest BCUT2D eigenvalue weighted by Gasteiger charge is 2.15. The van der Waals surface area contributed by atoms with Crippen molar-refractivity contribution in [3.8, 4) is 0 Å². The van der Waals surface area contributed by atoms with Gasteiger partial charge in [0.15, 0.2) is 0 Å². The lowest BCUT2D eigenvalue weighted by Gasteiger charge is -2.28. The number of nitrogens with zero attached hydrogens (tertiary/aromatic N) is 3. The Hall–Kier alpha value is -2.40. The summed E-state index contributed by atoms with van der Waals surface area (Å²) in [4.78, 5) is 21.4. The fourth-order valence-corrected chi connectivity index (χ4v) is 3.96. The largest absolute Gasteiger partial charge is 0.357 e. The normalized spacial score (nSPS) is 13.7. The van der Waals surface area contributed by atoms with Crippen molar-refractivity contribution in [3.05, 3.63) is 59.3 Å². The summed E-state index contributed by atoms with van der Waals surface area (Å²) >= 11 is 0. The molecule has 0 saturated heterocycles. The number of carbonyl (C=O) groups is 1. The summed E-state index contributed by atoms with van der Waals surface area (Å²) in [6, 6.07) is 12.8. The van der Waals surface area contributed by atoms with Crippen LogP contribution in [0.15, 0.2) is 42.6 Å². The molecule has 0 saturated carbocycles. The molecule has 0 bridgehead atoms. The third-order valence-electron chi connectivity index (χ3n) is 5.72. The molecular weight excluding hydrogens is 360 g/mol. The molecule has 5 heteroatoms. The van der Waals surface area contributed by atoms with Gasteiger partial charge in [-0.1, -0.05) is 24.3 Å². The Bertz CT molecular complexity index is 788. The van der Waals surface area contributed by atoms with Gasteiger partial charge in [0, 0.05) is 51.9 Å². The first-order valence-electron chi connectivity index (χ1n) is 10.9. The minimum absolute atomic E-state index is 0.134. The zero-order valence-electron chi connectivity index (χ0n) is 17.9. The molecule has 0 spiro atoms. The molecule has 0 fully saturated rings. The lowest BCUT2D eigenvalue weighted by molar-refractivity contribution is -0.121. The van der Waals surface area contributed by atoms with Crippen molar-refractivity contribution < 1.29 is 4.79 Å². The van der Waals surface area contributed by atoms with Crippen LogP contribution >= 0.6 is 0 Å². The molecule has 156 valence electrons. The summed E-state index contributed by atoms with van der Waals surface area (Å²) in [5.41, 5.74) is 4.10. The van der Waals surface area contributed by atoms with Crippen molar-refractivity contribution >= 4 is 11.7 Å². The molecule has 0 radical (unpaired) electrons. The van der Waals surface area contributed by atoms with Crippen LogP contribution in [-0.4, -0.2) is 48.5 Å². The number of anilines is 1. The second-order valence-electron chi connectivity index (χ2n) is 7.69. The first kappa shape index (κ1) is 21.3. The number of amides is 1. The Morgan fingerprint density at radius 1 is 1.17 bits per heavy atom. The Kier molecular flexibility index (Phi) is 8.05. The Labute approximate surface area is 175 Å². The Morgan fingerprint density at radius 2 is 1.97 bits per heavy atom. The fourth-order valence-electron chi connectivity index (χ4n) is 3.96.